The van der Waals surface area contributed by atoms with Crippen molar-refractivity contribution < 1.29 is 9.59 Å². The lowest BCUT2D eigenvalue weighted by Gasteiger charge is -2.32. The van der Waals surface area contributed by atoms with Gasteiger partial charge in [-0.2, -0.15) is 5.10 Å². The normalized spacial score (nSPS) is 20.0. The number of benzene rings is 2. The highest BCUT2D eigenvalue weighted by molar-refractivity contribution is 6.33. The van der Waals surface area contributed by atoms with Crippen LogP contribution in [0.5, 0.6) is 0 Å². The van der Waals surface area contributed by atoms with Crippen LogP contribution in [0.25, 0.3) is 5.69 Å². The number of nitrogens with zero attached hydrogens (tertiary/aromatic N) is 2. The number of hydrogen-bond donors (Lipinski definition) is 2. The number of carbonyl (C=O) groups excluding carboxylic acids is 2. The van der Waals surface area contributed by atoms with E-state index in [2.05, 4.69) is 21.8 Å². The minimum absolute atomic E-state index is 0.0128. The fourth-order valence-electron chi connectivity index (χ4n) is 4.39. The lowest BCUT2D eigenvalue weighted by molar-refractivity contribution is -0.125. The maximum Gasteiger partial charge on any atom is 0.240 e. The number of anilines is 2. The van der Waals surface area contributed by atoms with Gasteiger partial charge in [0, 0.05) is 28.3 Å². The quantitative estimate of drug-likeness (QED) is 0.662. The molecule has 0 fully saturated rings. The monoisotopic (exact) mass is 392 g/mol. The largest absolute Gasteiger partial charge is 0.325 e. The van der Waals surface area contributed by atoms with Gasteiger partial charge in [0.15, 0.2) is 0 Å². The van der Waals surface area contributed by atoms with E-state index in [-0.39, 0.29) is 18.2 Å². The highest BCUT2D eigenvalue weighted by Crippen LogP contribution is 2.52. The fraction of sp³-hybridized carbons (Fsp3) is 0.190. The molecule has 0 saturated heterocycles. The number of hydrogen-bond acceptors (Lipinski definition) is 3. The van der Waals surface area contributed by atoms with Crippen molar-refractivity contribution >= 4 is 34.9 Å². The number of nitrogens with one attached hydrogen (secondary N) is 2. The van der Waals surface area contributed by atoms with Crippen molar-refractivity contribution in [2.45, 2.75) is 25.7 Å². The smallest absolute Gasteiger partial charge is 0.240 e. The summed E-state index contributed by atoms with van der Waals surface area (Å²) in [5, 5.41) is 10.8. The molecule has 2 amide bonds. The number of aryl methyl sites for hydroxylation is 2. The van der Waals surface area contributed by atoms with Crippen molar-refractivity contribution in [3.05, 3.63) is 69.9 Å². The summed E-state index contributed by atoms with van der Waals surface area (Å²) in [4.78, 5) is 25.8. The number of halogens is 1. The summed E-state index contributed by atoms with van der Waals surface area (Å²) in [5.74, 6) is -0.00242. The number of carbonyl (C=O) groups is 2. The molecule has 7 heteroatoms. The van der Waals surface area contributed by atoms with Crippen LogP contribution in [0.1, 0.15) is 28.7 Å². The molecule has 2 aromatic carbocycles. The van der Waals surface area contributed by atoms with Crippen molar-refractivity contribution in [3.8, 4) is 5.69 Å². The standard InChI is InChI=1S/C21H17ClN4O2/c1-11-6-12(2)8-13(7-11)26-19-14(10-23-26)21(9-17(27)25-19)18-15(22)4-3-5-16(18)24-20(21)28/h3-8,10H,9H2,1-2H3,(H,24,28)(H,25,27)/t21-/m0/s1. The van der Waals surface area contributed by atoms with Gasteiger partial charge < -0.3 is 10.6 Å². The summed E-state index contributed by atoms with van der Waals surface area (Å²) in [7, 11) is 0. The third-order valence-corrected chi connectivity index (χ3v) is 5.75. The summed E-state index contributed by atoms with van der Waals surface area (Å²) in [6, 6.07) is 11.4. The van der Waals surface area contributed by atoms with Gasteiger partial charge in [0.2, 0.25) is 11.8 Å². The van der Waals surface area contributed by atoms with Gasteiger partial charge >= 0.3 is 0 Å². The second-order valence-electron chi connectivity index (χ2n) is 7.41. The van der Waals surface area contributed by atoms with Crippen molar-refractivity contribution in [1.29, 1.82) is 0 Å². The summed E-state index contributed by atoms with van der Waals surface area (Å²) in [6.07, 6.45) is 1.64. The Kier molecular flexibility index (Phi) is 3.46. The molecule has 2 aliphatic rings. The van der Waals surface area contributed by atoms with Crippen LogP contribution in [0.15, 0.2) is 42.6 Å². The molecule has 28 heavy (non-hydrogen) atoms. The van der Waals surface area contributed by atoms with Crippen LogP contribution in [0.2, 0.25) is 5.02 Å². The summed E-state index contributed by atoms with van der Waals surface area (Å²) in [5.41, 5.74) is 3.74. The van der Waals surface area contributed by atoms with Gasteiger partial charge in [0.05, 0.1) is 11.9 Å². The van der Waals surface area contributed by atoms with E-state index in [0.29, 0.717) is 27.7 Å². The SMILES string of the molecule is Cc1cc(C)cc(-n2ncc3c2NC(=O)C[C@]32C(=O)Nc3cccc(Cl)c32)c1. The number of aromatic nitrogens is 2. The molecule has 5 rings (SSSR count). The zero-order valence-corrected chi connectivity index (χ0v) is 16.1. The molecule has 0 aliphatic carbocycles. The molecule has 0 radical (unpaired) electrons. The van der Waals surface area contributed by atoms with Gasteiger partial charge in [-0.05, 0) is 49.2 Å². The average molecular weight is 393 g/mol. The Balaban J connectivity index is 1.79. The summed E-state index contributed by atoms with van der Waals surface area (Å²) >= 11 is 6.49. The third-order valence-electron chi connectivity index (χ3n) is 5.44. The van der Waals surface area contributed by atoms with E-state index < -0.39 is 5.41 Å². The van der Waals surface area contributed by atoms with E-state index in [1.807, 2.05) is 26.0 Å². The predicted octanol–water partition coefficient (Wildman–Crippen LogP) is 3.72. The first-order chi connectivity index (χ1) is 13.4. The van der Waals surface area contributed by atoms with E-state index in [4.69, 9.17) is 11.6 Å². The Morgan fingerprint density at radius 3 is 2.61 bits per heavy atom. The summed E-state index contributed by atoms with van der Waals surface area (Å²) in [6.45, 7) is 4.01. The topological polar surface area (TPSA) is 76.0 Å². The Morgan fingerprint density at radius 1 is 1.11 bits per heavy atom. The first-order valence-corrected chi connectivity index (χ1v) is 9.35. The van der Waals surface area contributed by atoms with Gasteiger partial charge in [0.25, 0.3) is 0 Å². The molecule has 0 bridgehead atoms. The van der Waals surface area contributed by atoms with Crippen LogP contribution in [0.3, 0.4) is 0 Å². The average Bonchev–Trinajstić information content (AvgIpc) is 3.15. The lowest BCUT2D eigenvalue weighted by Crippen LogP contribution is -2.43. The Morgan fingerprint density at radius 2 is 1.86 bits per heavy atom. The molecule has 1 aromatic heterocycles. The van der Waals surface area contributed by atoms with Crippen LogP contribution >= 0.6 is 11.6 Å². The molecular weight excluding hydrogens is 376 g/mol. The zero-order valence-electron chi connectivity index (χ0n) is 15.3. The molecule has 140 valence electrons. The van der Waals surface area contributed by atoms with Crippen molar-refractivity contribution in [3.63, 3.8) is 0 Å². The highest BCUT2D eigenvalue weighted by Gasteiger charge is 2.55. The van der Waals surface area contributed by atoms with Gasteiger partial charge in [-0.3, -0.25) is 9.59 Å². The zero-order chi connectivity index (χ0) is 19.6. The van der Waals surface area contributed by atoms with E-state index in [1.54, 1.807) is 29.1 Å². The molecular formula is C21H17ClN4O2. The van der Waals surface area contributed by atoms with Crippen LogP contribution < -0.4 is 10.6 Å². The molecule has 3 heterocycles. The molecule has 2 N–H and O–H groups in total. The molecule has 0 unspecified atom stereocenters. The van der Waals surface area contributed by atoms with Crippen molar-refractivity contribution in [1.82, 2.24) is 9.78 Å². The predicted molar refractivity (Wildman–Crippen MR) is 107 cm³/mol. The van der Waals surface area contributed by atoms with E-state index in [1.165, 1.54) is 0 Å². The van der Waals surface area contributed by atoms with Crippen LogP contribution in [-0.4, -0.2) is 21.6 Å². The second-order valence-corrected chi connectivity index (χ2v) is 7.82. The number of rotatable bonds is 1. The molecule has 1 atom stereocenters. The Labute approximate surface area is 166 Å². The van der Waals surface area contributed by atoms with Gasteiger partial charge in [-0.25, -0.2) is 4.68 Å². The Hall–Kier alpha value is -3.12. The van der Waals surface area contributed by atoms with Crippen molar-refractivity contribution in [2.24, 2.45) is 0 Å². The van der Waals surface area contributed by atoms with Gasteiger partial charge in [0.1, 0.15) is 11.2 Å². The minimum Gasteiger partial charge on any atom is -0.325 e. The number of amides is 2. The molecule has 6 nitrogen and oxygen atoms in total. The van der Waals surface area contributed by atoms with Gasteiger partial charge in [-0.15, -0.1) is 0 Å². The van der Waals surface area contributed by atoms with E-state index in [0.717, 1.165) is 16.8 Å². The van der Waals surface area contributed by atoms with Crippen LogP contribution in [0.4, 0.5) is 11.5 Å². The van der Waals surface area contributed by atoms with E-state index >= 15 is 0 Å². The molecule has 0 saturated carbocycles. The first-order valence-electron chi connectivity index (χ1n) is 8.97. The fourth-order valence-corrected chi connectivity index (χ4v) is 4.73. The van der Waals surface area contributed by atoms with E-state index in [9.17, 15) is 9.59 Å². The number of fused-ring (bicyclic) bond motifs is 4. The maximum absolute atomic E-state index is 13.1. The summed E-state index contributed by atoms with van der Waals surface area (Å²) < 4.78 is 1.68. The molecule has 1 spiro atoms. The molecule has 2 aliphatic heterocycles. The van der Waals surface area contributed by atoms with Crippen LogP contribution in [0, 0.1) is 13.8 Å². The lowest BCUT2D eigenvalue weighted by atomic mass is 9.72. The second kappa shape index (κ2) is 5.69. The highest BCUT2D eigenvalue weighted by atomic mass is 35.5. The van der Waals surface area contributed by atoms with Crippen LogP contribution in [-0.2, 0) is 15.0 Å². The third kappa shape index (κ3) is 2.18. The molecule has 3 aromatic rings. The maximum atomic E-state index is 13.1. The first kappa shape index (κ1) is 17.0. The Bertz CT molecular complexity index is 1160. The van der Waals surface area contributed by atoms with Gasteiger partial charge in [-0.1, -0.05) is 23.7 Å². The minimum atomic E-state index is -1.18. The van der Waals surface area contributed by atoms with Crippen molar-refractivity contribution in [2.75, 3.05) is 10.6 Å².